The van der Waals surface area contributed by atoms with Crippen molar-refractivity contribution in [2.75, 3.05) is 19.6 Å². The van der Waals surface area contributed by atoms with E-state index in [1.807, 2.05) is 15.9 Å². The molecular formula is C15H22N2O2. The van der Waals surface area contributed by atoms with E-state index in [1.54, 1.807) is 0 Å². The van der Waals surface area contributed by atoms with Gasteiger partial charge in [-0.15, -0.1) is 6.58 Å². The molecule has 104 valence electrons. The van der Waals surface area contributed by atoms with Crippen molar-refractivity contribution in [2.24, 2.45) is 11.8 Å². The monoisotopic (exact) mass is 262 g/mol. The molecule has 3 rings (SSSR count). The van der Waals surface area contributed by atoms with Gasteiger partial charge in [0.25, 0.3) is 0 Å². The van der Waals surface area contributed by atoms with Crippen molar-refractivity contribution in [2.45, 2.75) is 38.1 Å². The number of amides is 2. The predicted molar refractivity (Wildman–Crippen MR) is 72.3 cm³/mol. The van der Waals surface area contributed by atoms with Gasteiger partial charge in [0.1, 0.15) is 5.92 Å². The Morgan fingerprint density at radius 2 is 2.11 bits per heavy atom. The van der Waals surface area contributed by atoms with Crippen LogP contribution >= 0.6 is 0 Å². The fraction of sp³-hybridized carbons (Fsp3) is 0.733. The van der Waals surface area contributed by atoms with E-state index in [9.17, 15) is 9.59 Å². The summed E-state index contributed by atoms with van der Waals surface area (Å²) in [5.74, 6) is 0.241. The molecule has 3 heterocycles. The number of nitrogens with zero attached hydrogens (tertiary/aromatic N) is 2. The van der Waals surface area contributed by atoms with Crippen molar-refractivity contribution in [3.8, 4) is 0 Å². The third-order valence-electron chi connectivity index (χ3n) is 4.88. The number of carbonyl (C=O) groups is 2. The minimum absolute atomic E-state index is 0.0483. The van der Waals surface area contributed by atoms with Crippen molar-refractivity contribution in [3.63, 3.8) is 0 Å². The van der Waals surface area contributed by atoms with Crippen LogP contribution in [-0.2, 0) is 9.59 Å². The van der Waals surface area contributed by atoms with Gasteiger partial charge >= 0.3 is 0 Å². The molecule has 0 saturated carbocycles. The number of hydrogen-bond donors (Lipinski definition) is 0. The van der Waals surface area contributed by atoms with Crippen molar-refractivity contribution < 1.29 is 9.59 Å². The van der Waals surface area contributed by atoms with Crippen molar-refractivity contribution >= 4 is 11.8 Å². The Hall–Kier alpha value is -1.32. The van der Waals surface area contributed by atoms with Crippen molar-refractivity contribution in [3.05, 3.63) is 12.7 Å². The highest BCUT2D eigenvalue weighted by molar-refractivity contribution is 6.01. The van der Waals surface area contributed by atoms with Gasteiger partial charge in [0.2, 0.25) is 11.8 Å². The summed E-state index contributed by atoms with van der Waals surface area (Å²) in [6.45, 7) is 6.12. The number of rotatable bonds is 3. The smallest absolute Gasteiger partial charge is 0.235 e. The highest BCUT2D eigenvalue weighted by atomic mass is 16.2. The van der Waals surface area contributed by atoms with Crippen molar-refractivity contribution in [1.82, 2.24) is 9.80 Å². The molecule has 0 unspecified atom stereocenters. The molecule has 0 spiro atoms. The van der Waals surface area contributed by atoms with Crippen LogP contribution in [0, 0.1) is 11.8 Å². The van der Waals surface area contributed by atoms with Crippen molar-refractivity contribution in [1.29, 1.82) is 0 Å². The summed E-state index contributed by atoms with van der Waals surface area (Å²) < 4.78 is 0. The molecule has 3 fully saturated rings. The minimum atomic E-state index is -0.391. The number of carbonyl (C=O) groups excluding carboxylic acids is 2. The fourth-order valence-corrected chi connectivity index (χ4v) is 3.93. The lowest BCUT2D eigenvalue weighted by Crippen LogP contribution is -2.63. The second kappa shape index (κ2) is 4.99. The first-order valence-electron chi connectivity index (χ1n) is 7.42. The van der Waals surface area contributed by atoms with Gasteiger partial charge in [-0.3, -0.25) is 9.59 Å². The zero-order valence-electron chi connectivity index (χ0n) is 11.4. The zero-order valence-corrected chi connectivity index (χ0v) is 11.4. The summed E-state index contributed by atoms with van der Waals surface area (Å²) in [7, 11) is 0. The van der Waals surface area contributed by atoms with Crippen LogP contribution in [0.15, 0.2) is 12.7 Å². The molecule has 3 aliphatic heterocycles. The Morgan fingerprint density at radius 3 is 2.89 bits per heavy atom. The highest BCUT2D eigenvalue weighted by Gasteiger charge is 2.50. The van der Waals surface area contributed by atoms with Crippen LogP contribution in [0.1, 0.15) is 32.1 Å². The minimum Gasteiger partial charge on any atom is -0.341 e. The number of fused-ring (bicyclic) bond motifs is 4. The molecule has 0 aromatic carbocycles. The fourth-order valence-electron chi connectivity index (χ4n) is 3.93. The number of likely N-dealkylation sites (tertiary alicyclic amines) is 1. The molecular weight excluding hydrogens is 240 g/mol. The number of piperidine rings is 3. The number of hydrogen-bond acceptors (Lipinski definition) is 2. The van der Waals surface area contributed by atoms with E-state index < -0.39 is 5.92 Å². The van der Waals surface area contributed by atoms with E-state index in [4.69, 9.17) is 0 Å². The van der Waals surface area contributed by atoms with Crippen LogP contribution < -0.4 is 0 Å². The molecule has 3 saturated heterocycles. The average molecular weight is 262 g/mol. The van der Waals surface area contributed by atoms with E-state index >= 15 is 0 Å². The van der Waals surface area contributed by atoms with Gasteiger partial charge in [0, 0.05) is 25.7 Å². The molecule has 19 heavy (non-hydrogen) atoms. The summed E-state index contributed by atoms with van der Waals surface area (Å²) in [6, 6.07) is 0.386. The molecule has 0 aromatic rings. The Morgan fingerprint density at radius 1 is 1.26 bits per heavy atom. The molecule has 2 amide bonds. The van der Waals surface area contributed by atoms with Gasteiger partial charge in [0.05, 0.1) is 0 Å². The van der Waals surface area contributed by atoms with Gasteiger partial charge in [0.15, 0.2) is 0 Å². The van der Waals surface area contributed by atoms with Gasteiger partial charge < -0.3 is 9.80 Å². The summed E-state index contributed by atoms with van der Waals surface area (Å²) in [6.07, 6.45) is 6.86. The van der Waals surface area contributed by atoms with Crippen LogP contribution in [-0.4, -0.2) is 47.3 Å². The third-order valence-corrected chi connectivity index (χ3v) is 4.88. The zero-order chi connectivity index (χ0) is 13.4. The maximum Gasteiger partial charge on any atom is 0.235 e. The van der Waals surface area contributed by atoms with Gasteiger partial charge in [-0.25, -0.2) is 0 Å². The first-order chi connectivity index (χ1) is 9.22. The summed E-state index contributed by atoms with van der Waals surface area (Å²) in [4.78, 5) is 28.7. The van der Waals surface area contributed by atoms with Crippen LogP contribution in [0.3, 0.4) is 0 Å². The van der Waals surface area contributed by atoms with E-state index in [0.29, 0.717) is 12.0 Å². The molecule has 0 aliphatic carbocycles. The lowest BCUT2D eigenvalue weighted by atomic mass is 9.75. The van der Waals surface area contributed by atoms with Crippen LogP contribution in [0.5, 0.6) is 0 Å². The Kier molecular flexibility index (Phi) is 3.33. The van der Waals surface area contributed by atoms with Crippen LogP contribution in [0.25, 0.3) is 0 Å². The molecule has 3 atom stereocenters. The second-order valence-corrected chi connectivity index (χ2v) is 6.00. The Labute approximate surface area is 114 Å². The normalized spacial score (nSPS) is 34.2. The largest absolute Gasteiger partial charge is 0.341 e. The summed E-state index contributed by atoms with van der Waals surface area (Å²) in [5.41, 5.74) is 0. The lowest BCUT2D eigenvalue weighted by molar-refractivity contribution is -0.163. The highest BCUT2D eigenvalue weighted by Crippen LogP contribution is 2.38. The molecule has 4 heteroatoms. The summed E-state index contributed by atoms with van der Waals surface area (Å²) >= 11 is 0. The maximum absolute atomic E-state index is 12.5. The molecule has 0 N–H and O–H groups in total. The third kappa shape index (κ3) is 2.07. The topological polar surface area (TPSA) is 40.6 Å². The first kappa shape index (κ1) is 12.7. The van der Waals surface area contributed by atoms with E-state index in [2.05, 4.69) is 6.58 Å². The van der Waals surface area contributed by atoms with Gasteiger partial charge in [-0.05, 0) is 38.0 Å². The lowest BCUT2D eigenvalue weighted by Gasteiger charge is -2.51. The first-order valence-corrected chi connectivity index (χ1v) is 7.42. The Balaban J connectivity index is 1.80. The molecule has 0 radical (unpaired) electrons. The second-order valence-electron chi connectivity index (χ2n) is 6.00. The predicted octanol–water partition coefficient (Wildman–Crippen LogP) is 1.42. The molecule has 2 bridgehead atoms. The SMILES string of the molecule is C=CCCN1C[C@H]2C[C@@H](C1=O)C(=O)N1CCCC[C@H]21. The van der Waals surface area contributed by atoms with E-state index in [-0.39, 0.29) is 11.8 Å². The molecule has 0 aromatic heterocycles. The van der Waals surface area contributed by atoms with Gasteiger partial charge in [-0.2, -0.15) is 0 Å². The average Bonchev–Trinajstić information content (AvgIpc) is 2.45. The van der Waals surface area contributed by atoms with E-state index in [1.165, 1.54) is 6.42 Å². The van der Waals surface area contributed by atoms with Crippen LogP contribution in [0.2, 0.25) is 0 Å². The Bertz CT molecular complexity index is 407. The quantitative estimate of drug-likeness (QED) is 0.570. The van der Waals surface area contributed by atoms with Crippen LogP contribution in [0.4, 0.5) is 0 Å². The van der Waals surface area contributed by atoms with E-state index in [0.717, 1.165) is 45.3 Å². The molecule has 3 aliphatic rings. The summed E-state index contributed by atoms with van der Waals surface area (Å²) in [5, 5.41) is 0. The standard InChI is InChI=1S/C15H22N2O2/c1-2-3-7-16-10-11-9-12(14(16)18)15(19)17-8-5-4-6-13(11)17/h2,11-13H,1,3-10H2/t11-,12+,13-/m1/s1. The molecule has 4 nitrogen and oxygen atoms in total. The van der Waals surface area contributed by atoms with Gasteiger partial charge in [-0.1, -0.05) is 6.08 Å². The maximum atomic E-state index is 12.5.